The van der Waals surface area contributed by atoms with Gasteiger partial charge < -0.3 is 5.11 Å². The van der Waals surface area contributed by atoms with Gasteiger partial charge in [0.05, 0.1) is 6.10 Å². The van der Waals surface area contributed by atoms with Crippen molar-refractivity contribution in [2.45, 2.75) is 38.2 Å². The van der Waals surface area contributed by atoms with Crippen molar-refractivity contribution in [3.05, 3.63) is 0 Å². The maximum atomic E-state index is 9.51. The molecule has 0 heterocycles. The predicted molar refractivity (Wildman–Crippen MR) is 43.2 cm³/mol. The van der Waals surface area contributed by atoms with E-state index in [1.807, 2.05) is 0 Å². The van der Waals surface area contributed by atoms with Crippen LogP contribution in [0.25, 0.3) is 0 Å². The highest BCUT2D eigenvalue weighted by Crippen LogP contribution is 2.31. The molecule has 1 fully saturated rings. The molecular formula is C8H15ClO. The van der Waals surface area contributed by atoms with E-state index in [-0.39, 0.29) is 11.5 Å². The summed E-state index contributed by atoms with van der Waals surface area (Å²) < 4.78 is 0. The Hall–Kier alpha value is 0.250. The Balaban J connectivity index is 2.49. The molecule has 60 valence electrons. The summed E-state index contributed by atoms with van der Waals surface area (Å²) >= 11 is 5.96. The highest BCUT2D eigenvalue weighted by Gasteiger charge is 2.30. The standard InChI is InChI=1S/C8H15ClO/c1-5-3-7(9)4-6(2)8(5)10/h5-8,10H,3-4H2,1-2H3/t5-,6-,7?,8?/m1/s1. The van der Waals surface area contributed by atoms with Crippen LogP contribution in [0.15, 0.2) is 0 Å². The maximum Gasteiger partial charge on any atom is 0.0592 e. The van der Waals surface area contributed by atoms with Crippen LogP contribution in [0.2, 0.25) is 0 Å². The number of hydrogen-bond donors (Lipinski definition) is 1. The zero-order chi connectivity index (χ0) is 7.72. The van der Waals surface area contributed by atoms with E-state index in [1.165, 1.54) is 0 Å². The summed E-state index contributed by atoms with van der Waals surface area (Å²) in [6, 6.07) is 0. The number of alkyl halides is 1. The number of halogens is 1. The quantitative estimate of drug-likeness (QED) is 0.541. The first-order chi connectivity index (χ1) is 4.61. The van der Waals surface area contributed by atoms with Crippen molar-refractivity contribution in [2.75, 3.05) is 0 Å². The topological polar surface area (TPSA) is 20.2 Å². The third-order valence-corrected chi connectivity index (χ3v) is 2.78. The minimum atomic E-state index is -0.130. The highest BCUT2D eigenvalue weighted by molar-refractivity contribution is 6.20. The minimum absolute atomic E-state index is 0.130. The van der Waals surface area contributed by atoms with Crippen molar-refractivity contribution in [1.29, 1.82) is 0 Å². The van der Waals surface area contributed by atoms with E-state index in [1.54, 1.807) is 0 Å². The molecule has 1 rings (SSSR count). The van der Waals surface area contributed by atoms with Gasteiger partial charge in [0.2, 0.25) is 0 Å². The molecule has 0 aliphatic heterocycles. The van der Waals surface area contributed by atoms with Gasteiger partial charge in [0.15, 0.2) is 0 Å². The number of rotatable bonds is 0. The Labute approximate surface area is 67.4 Å². The first kappa shape index (κ1) is 8.35. The van der Waals surface area contributed by atoms with Crippen LogP contribution in [0.3, 0.4) is 0 Å². The van der Waals surface area contributed by atoms with Crippen molar-refractivity contribution >= 4 is 11.6 Å². The lowest BCUT2D eigenvalue weighted by molar-refractivity contribution is 0.0349. The molecule has 1 nitrogen and oxygen atoms in total. The summed E-state index contributed by atoms with van der Waals surface area (Å²) in [5.74, 6) is 0.762. The van der Waals surface area contributed by atoms with Gasteiger partial charge in [-0.1, -0.05) is 13.8 Å². The van der Waals surface area contributed by atoms with E-state index in [0.29, 0.717) is 11.8 Å². The van der Waals surface area contributed by atoms with Gasteiger partial charge in [0.1, 0.15) is 0 Å². The average molecular weight is 163 g/mol. The van der Waals surface area contributed by atoms with Crippen LogP contribution >= 0.6 is 11.6 Å². The van der Waals surface area contributed by atoms with Crippen LogP contribution in [0.5, 0.6) is 0 Å². The molecular weight excluding hydrogens is 148 g/mol. The molecule has 0 aromatic carbocycles. The van der Waals surface area contributed by atoms with Crippen molar-refractivity contribution < 1.29 is 5.11 Å². The number of aliphatic hydroxyl groups excluding tert-OH is 1. The Bertz CT molecular complexity index is 104. The highest BCUT2D eigenvalue weighted by atomic mass is 35.5. The van der Waals surface area contributed by atoms with Crippen molar-refractivity contribution in [3.8, 4) is 0 Å². The molecule has 2 heteroatoms. The third-order valence-electron chi connectivity index (χ3n) is 2.42. The van der Waals surface area contributed by atoms with Gasteiger partial charge in [-0.3, -0.25) is 0 Å². The molecule has 0 saturated heterocycles. The summed E-state index contributed by atoms with van der Waals surface area (Å²) in [5, 5.41) is 9.79. The summed E-state index contributed by atoms with van der Waals surface area (Å²) in [5.41, 5.74) is 0. The largest absolute Gasteiger partial charge is 0.393 e. The Kier molecular flexibility index (Phi) is 2.59. The predicted octanol–water partition coefficient (Wildman–Crippen LogP) is 2.02. The monoisotopic (exact) mass is 162 g/mol. The fourth-order valence-corrected chi connectivity index (χ4v) is 2.30. The average Bonchev–Trinajstić information content (AvgIpc) is 1.82. The van der Waals surface area contributed by atoms with Crippen molar-refractivity contribution in [1.82, 2.24) is 0 Å². The van der Waals surface area contributed by atoms with Crippen LogP contribution in [-0.2, 0) is 0 Å². The Morgan fingerprint density at radius 1 is 1.20 bits per heavy atom. The van der Waals surface area contributed by atoms with Gasteiger partial charge in [-0.15, -0.1) is 11.6 Å². The summed E-state index contributed by atoms with van der Waals surface area (Å²) in [7, 11) is 0. The van der Waals surface area contributed by atoms with E-state index in [2.05, 4.69) is 13.8 Å². The van der Waals surface area contributed by atoms with E-state index >= 15 is 0 Å². The maximum absolute atomic E-state index is 9.51. The van der Waals surface area contributed by atoms with Gasteiger partial charge in [-0.05, 0) is 24.7 Å². The Morgan fingerprint density at radius 3 is 2.00 bits per heavy atom. The van der Waals surface area contributed by atoms with Crippen molar-refractivity contribution in [2.24, 2.45) is 11.8 Å². The normalized spacial score (nSPS) is 49.2. The molecule has 1 N–H and O–H groups in total. The summed E-state index contributed by atoms with van der Waals surface area (Å²) in [6.07, 6.45) is 1.80. The molecule has 0 unspecified atom stereocenters. The second kappa shape index (κ2) is 3.10. The van der Waals surface area contributed by atoms with Crippen LogP contribution in [-0.4, -0.2) is 16.6 Å². The van der Waals surface area contributed by atoms with Gasteiger partial charge >= 0.3 is 0 Å². The third kappa shape index (κ3) is 1.64. The lowest BCUT2D eigenvalue weighted by Crippen LogP contribution is -2.34. The minimum Gasteiger partial charge on any atom is -0.393 e. The number of aliphatic hydroxyl groups is 1. The molecule has 0 bridgehead atoms. The summed E-state index contributed by atoms with van der Waals surface area (Å²) in [6.45, 7) is 4.13. The van der Waals surface area contributed by atoms with Crippen LogP contribution in [0.1, 0.15) is 26.7 Å². The molecule has 0 spiro atoms. The van der Waals surface area contributed by atoms with E-state index < -0.39 is 0 Å². The zero-order valence-electron chi connectivity index (χ0n) is 6.55. The molecule has 0 amide bonds. The van der Waals surface area contributed by atoms with E-state index in [9.17, 15) is 5.11 Å². The zero-order valence-corrected chi connectivity index (χ0v) is 7.30. The van der Waals surface area contributed by atoms with Gasteiger partial charge in [-0.2, -0.15) is 0 Å². The first-order valence-electron chi connectivity index (χ1n) is 3.93. The molecule has 2 atom stereocenters. The smallest absolute Gasteiger partial charge is 0.0592 e. The molecule has 0 aromatic rings. The van der Waals surface area contributed by atoms with Gasteiger partial charge in [0.25, 0.3) is 0 Å². The van der Waals surface area contributed by atoms with Crippen LogP contribution in [0.4, 0.5) is 0 Å². The fourth-order valence-electron chi connectivity index (χ4n) is 1.74. The SMILES string of the molecule is C[C@@H]1CC(Cl)C[C@@H](C)C1O. The molecule has 0 radical (unpaired) electrons. The lowest BCUT2D eigenvalue weighted by Gasteiger charge is -2.33. The lowest BCUT2D eigenvalue weighted by atomic mass is 9.80. The molecule has 1 aliphatic carbocycles. The van der Waals surface area contributed by atoms with Crippen molar-refractivity contribution in [3.63, 3.8) is 0 Å². The Morgan fingerprint density at radius 2 is 1.60 bits per heavy atom. The fraction of sp³-hybridized carbons (Fsp3) is 1.00. The first-order valence-corrected chi connectivity index (χ1v) is 4.37. The second-order valence-electron chi connectivity index (χ2n) is 3.51. The van der Waals surface area contributed by atoms with Gasteiger partial charge in [0, 0.05) is 5.38 Å². The van der Waals surface area contributed by atoms with Crippen LogP contribution < -0.4 is 0 Å². The second-order valence-corrected chi connectivity index (χ2v) is 4.13. The summed E-state index contributed by atoms with van der Waals surface area (Å²) in [4.78, 5) is 0. The van der Waals surface area contributed by atoms with Crippen LogP contribution in [0, 0.1) is 11.8 Å². The molecule has 1 aliphatic rings. The molecule has 1 saturated carbocycles. The number of hydrogen-bond acceptors (Lipinski definition) is 1. The van der Waals surface area contributed by atoms with Gasteiger partial charge in [-0.25, -0.2) is 0 Å². The molecule has 0 aromatic heterocycles. The molecule has 10 heavy (non-hydrogen) atoms. The van der Waals surface area contributed by atoms with E-state index in [4.69, 9.17) is 11.6 Å². The van der Waals surface area contributed by atoms with E-state index in [0.717, 1.165) is 12.8 Å².